The Morgan fingerprint density at radius 1 is 1.40 bits per heavy atom. The van der Waals surface area contributed by atoms with Gasteiger partial charge in [0.25, 0.3) is 0 Å². The number of hydrogen-bond donors (Lipinski definition) is 1. The molecule has 1 saturated carbocycles. The Morgan fingerprint density at radius 2 is 2.13 bits per heavy atom. The topological polar surface area (TPSA) is 38.5 Å². The molecule has 2 N–H and O–H groups in total. The highest BCUT2D eigenvalue weighted by Crippen LogP contribution is 2.31. The monoisotopic (exact) mass is 212 g/mol. The lowest BCUT2D eigenvalue weighted by Crippen LogP contribution is -2.54. The summed E-state index contributed by atoms with van der Waals surface area (Å²) in [7, 11) is 0. The van der Waals surface area contributed by atoms with Crippen molar-refractivity contribution in [2.45, 2.75) is 38.1 Å². The zero-order valence-corrected chi connectivity index (χ0v) is 9.87. The molecule has 0 amide bonds. The van der Waals surface area contributed by atoms with Crippen LogP contribution in [0.5, 0.6) is 0 Å². The molecule has 0 bridgehead atoms. The van der Waals surface area contributed by atoms with Crippen LogP contribution in [-0.2, 0) is 4.74 Å². The lowest BCUT2D eigenvalue weighted by molar-refractivity contribution is 0.0212. The summed E-state index contributed by atoms with van der Waals surface area (Å²) in [6.45, 7) is 7.29. The quantitative estimate of drug-likeness (QED) is 0.748. The number of nitrogens with two attached hydrogens (primary N) is 1. The highest BCUT2D eigenvalue weighted by Gasteiger charge is 2.32. The molecule has 1 aliphatic heterocycles. The lowest BCUT2D eigenvalue weighted by Gasteiger charge is -2.41. The van der Waals surface area contributed by atoms with Gasteiger partial charge in [-0.05, 0) is 18.8 Å². The zero-order chi connectivity index (χ0) is 10.7. The van der Waals surface area contributed by atoms with E-state index >= 15 is 0 Å². The smallest absolute Gasteiger partial charge is 0.0594 e. The van der Waals surface area contributed by atoms with Crippen molar-refractivity contribution in [2.75, 3.05) is 32.8 Å². The second kappa shape index (κ2) is 4.81. The number of hydrogen-bond acceptors (Lipinski definition) is 3. The summed E-state index contributed by atoms with van der Waals surface area (Å²) in [5, 5.41) is 0. The Balaban J connectivity index is 1.85. The second-order valence-electron chi connectivity index (χ2n) is 5.45. The first-order valence-corrected chi connectivity index (χ1v) is 6.27. The maximum absolute atomic E-state index is 6.50. The van der Waals surface area contributed by atoms with Gasteiger partial charge in [-0.3, -0.25) is 4.90 Å². The van der Waals surface area contributed by atoms with Crippen LogP contribution in [0.3, 0.4) is 0 Å². The van der Waals surface area contributed by atoms with Gasteiger partial charge >= 0.3 is 0 Å². The van der Waals surface area contributed by atoms with Crippen molar-refractivity contribution in [2.24, 2.45) is 11.7 Å². The first-order valence-electron chi connectivity index (χ1n) is 6.27. The molecule has 3 heteroatoms. The molecule has 2 rings (SSSR count). The zero-order valence-electron chi connectivity index (χ0n) is 9.87. The molecule has 0 radical (unpaired) electrons. The van der Waals surface area contributed by atoms with E-state index in [-0.39, 0.29) is 5.54 Å². The molecule has 1 saturated heterocycles. The van der Waals surface area contributed by atoms with Crippen molar-refractivity contribution in [1.82, 2.24) is 4.90 Å². The molecule has 0 aromatic heterocycles. The molecule has 0 aromatic carbocycles. The minimum atomic E-state index is 0.0784. The highest BCUT2D eigenvalue weighted by atomic mass is 16.5. The largest absolute Gasteiger partial charge is 0.379 e. The summed E-state index contributed by atoms with van der Waals surface area (Å²) in [6.07, 6.45) is 5.07. The van der Waals surface area contributed by atoms with Crippen LogP contribution in [0, 0.1) is 5.92 Å². The van der Waals surface area contributed by atoms with Gasteiger partial charge in [-0.1, -0.05) is 19.8 Å². The van der Waals surface area contributed by atoms with Crippen LogP contribution in [0.1, 0.15) is 32.6 Å². The Hall–Kier alpha value is -0.120. The van der Waals surface area contributed by atoms with Crippen LogP contribution in [0.25, 0.3) is 0 Å². The van der Waals surface area contributed by atoms with E-state index in [0.29, 0.717) is 0 Å². The van der Waals surface area contributed by atoms with E-state index in [2.05, 4.69) is 11.8 Å². The van der Waals surface area contributed by atoms with Gasteiger partial charge in [0.1, 0.15) is 0 Å². The molecule has 2 aliphatic rings. The second-order valence-corrected chi connectivity index (χ2v) is 5.45. The molecule has 2 fully saturated rings. The lowest BCUT2D eigenvalue weighted by atomic mass is 9.77. The summed E-state index contributed by atoms with van der Waals surface area (Å²) < 4.78 is 5.36. The highest BCUT2D eigenvalue weighted by molar-refractivity contribution is 4.92. The van der Waals surface area contributed by atoms with Gasteiger partial charge in [-0.25, -0.2) is 0 Å². The van der Waals surface area contributed by atoms with E-state index < -0.39 is 0 Å². The molecule has 0 aromatic rings. The van der Waals surface area contributed by atoms with E-state index in [1.807, 2.05) is 0 Å². The maximum atomic E-state index is 6.50. The Kier molecular flexibility index (Phi) is 3.65. The predicted molar refractivity (Wildman–Crippen MR) is 61.8 cm³/mol. The fourth-order valence-corrected chi connectivity index (χ4v) is 3.05. The third-order valence-corrected chi connectivity index (χ3v) is 3.77. The van der Waals surface area contributed by atoms with Crippen molar-refractivity contribution in [1.29, 1.82) is 0 Å². The normalized spacial score (nSPS) is 39.2. The molecule has 0 spiro atoms. The SMILES string of the molecule is CC1CCCC(N)(CN2CCOCC2)C1. The van der Waals surface area contributed by atoms with Crippen LogP contribution >= 0.6 is 0 Å². The third-order valence-electron chi connectivity index (χ3n) is 3.77. The Bertz CT molecular complexity index is 204. The van der Waals surface area contributed by atoms with Gasteiger partial charge in [0.05, 0.1) is 13.2 Å². The van der Waals surface area contributed by atoms with Crippen LogP contribution < -0.4 is 5.73 Å². The summed E-state index contributed by atoms with van der Waals surface area (Å²) in [6, 6.07) is 0. The van der Waals surface area contributed by atoms with E-state index in [9.17, 15) is 0 Å². The molecule has 15 heavy (non-hydrogen) atoms. The van der Waals surface area contributed by atoms with Crippen LogP contribution in [0.4, 0.5) is 0 Å². The average molecular weight is 212 g/mol. The van der Waals surface area contributed by atoms with Crippen molar-refractivity contribution < 1.29 is 4.74 Å². The number of nitrogens with zero attached hydrogens (tertiary/aromatic N) is 1. The van der Waals surface area contributed by atoms with Crippen molar-refractivity contribution in [3.8, 4) is 0 Å². The molecule has 2 unspecified atom stereocenters. The average Bonchev–Trinajstić information content (AvgIpc) is 2.18. The van der Waals surface area contributed by atoms with Crippen molar-refractivity contribution >= 4 is 0 Å². The van der Waals surface area contributed by atoms with Crippen LogP contribution in [-0.4, -0.2) is 43.3 Å². The minimum Gasteiger partial charge on any atom is -0.379 e. The summed E-state index contributed by atoms with van der Waals surface area (Å²) in [5.41, 5.74) is 6.58. The van der Waals surface area contributed by atoms with E-state index in [4.69, 9.17) is 10.5 Å². The van der Waals surface area contributed by atoms with Gasteiger partial charge in [-0.15, -0.1) is 0 Å². The first-order chi connectivity index (χ1) is 7.18. The Labute approximate surface area is 93.0 Å². The molecule has 1 heterocycles. The van der Waals surface area contributed by atoms with Crippen molar-refractivity contribution in [3.05, 3.63) is 0 Å². The molecular weight excluding hydrogens is 188 g/mol. The first kappa shape index (κ1) is 11.4. The Morgan fingerprint density at radius 3 is 2.80 bits per heavy atom. The predicted octanol–water partition coefficient (Wildman–Crippen LogP) is 1.23. The summed E-state index contributed by atoms with van der Waals surface area (Å²) >= 11 is 0. The molecule has 3 nitrogen and oxygen atoms in total. The van der Waals surface area contributed by atoms with E-state index in [1.54, 1.807) is 0 Å². The fourth-order valence-electron chi connectivity index (χ4n) is 3.05. The number of ether oxygens (including phenoxy) is 1. The van der Waals surface area contributed by atoms with Gasteiger partial charge in [0.2, 0.25) is 0 Å². The van der Waals surface area contributed by atoms with Gasteiger partial charge < -0.3 is 10.5 Å². The van der Waals surface area contributed by atoms with Crippen LogP contribution in [0.15, 0.2) is 0 Å². The van der Waals surface area contributed by atoms with Gasteiger partial charge in [0.15, 0.2) is 0 Å². The van der Waals surface area contributed by atoms with E-state index in [0.717, 1.165) is 38.8 Å². The molecule has 1 aliphatic carbocycles. The number of rotatable bonds is 2. The third kappa shape index (κ3) is 3.16. The summed E-state index contributed by atoms with van der Waals surface area (Å²) in [5.74, 6) is 0.810. The molecule has 2 atom stereocenters. The minimum absolute atomic E-state index is 0.0784. The van der Waals surface area contributed by atoms with Gasteiger partial charge in [0, 0.05) is 25.2 Å². The van der Waals surface area contributed by atoms with Gasteiger partial charge in [-0.2, -0.15) is 0 Å². The van der Waals surface area contributed by atoms with E-state index in [1.165, 1.54) is 25.7 Å². The van der Waals surface area contributed by atoms with Crippen LogP contribution in [0.2, 0.25) is 0 Å². The maximum Gasteiger partial charge on any atom is 0.0594 e. The standard InChI is InChI=1S/C12H24N2O/c1-11-3-2-4-12(13,9-11)10-14-5-7-15-8-6-14/h11H,2-10,13H2,1H3. The van der Waals surface area contributed by atoms with Crippen molar-refractivity contribution in [3.63, 3.8) is 0 Å². The molecular formula is C12H24N2O. The molecule has 88 valence electrons. The summed E-state index contributed by atoms with van der Waals surface area (Å²) in [4.78, 5) is 2.47. The number of morpholine rings is 1. The fraction of sp³-hybridized carbons (Fsp3) is 1.00.